The molecule has 0 radical (unpaired) electrons. The molecule has 1 atom stereocenters. The Balaban J connectivity index is 1.54. The molecule has 0 saturated carbocycles. The van der Waals surface area contributed by atoms with Gasteiger partial charge in [0.2, 0.25) is 0 Å². The van der Waals surface area contributed by atoms with Gasteiger partial charge in [0.25, 0.3) is 5.91 Å². The number of benzene rings is 3. The Labute approximate surface area is 178 Å². The van der Waals surface area contributed by atoms with Gasteiger partial charge in [-0.1, -0.05) is 42.5 Å². The van der Waals surface area contributed by atoms with E-state index < -0.39 is 12.0 Å². The van der Waals surface area contributed by atoms with Gasteiger partial charge in [0.05, 0.1) is 22.2 Å². The summed E-state index contributed by atoms with van der Waals surface area (Å²) in [5, 5.41) is 12.3. The smallest absolute Gasteiger partial charge is 0.265 e. The maximum atomic E-state index is 12.8. The highest BCUT2D eigenvalue weighted by atomic mass is 16.5. The van der Waals surface area contributed by atoms with E-state index in [9.17, 15) is 9.59 Å². The van der Waals surface area contributed by atoms with Gasteiger partial charge in [-0.2, -0.15) is 5.26 Å². The standard InChI is InChI=1S/C25H18N2O4/c1-16(25(29)27-22-10-6-5-9-18(22)14-26)31-19-11-12-20-23(13-19)30-15-21(24(20)28)17-7-3-2-4-8-17/h2-13,15-16H,1H3,(H,27,29)/t16-/m1/s1. The Kier molecular flexibility index (Phi) is 5.50. The molecule has 0 unspecified atom stereocenters. The van der Waals surface area contributed by atoms with Crippen molar-refractivity contribution in [3.63, 3.8) is 0 Å². The largest absolute Gasteiger partial charge is 0.481 e. The van der Waals surface area contributed by atoms with Gasteiger partial charge in [-0.3, -0.25) is 9.59 Å². The number of carbonyl (C=O) groups excluding carboxylic acids is 1. The van der Waals surface area contributed by atoms with E-state index in [-0.39, 0.29) is 5.43 Å². The second kappa shape index (κ2) is 8.56. The number of para-hydroxylation sites is 1. The lowest BCUT2D eigenvalue weighted by molar-refractivity contribution is -0.122. The summed E-state index contributed by atoms with van der Waals surface area (Å²) in [5.41, 5.74) is 2.27. The molecule has 152 valence electrons. The number of hydrogen-bond acceptors (Lipinski definition) is 5. The van der Waals surface area contributed by atoms with Crippen molar-refractivity contribution in [2.75, 3.05) is 5.32 Å². The topological polar surface area (TPSA) is 92.3 Å². The molecule has 0 bridgehead atoms. The summed E-state index contributed by atoms with van der Waals surface area (Å²) < 4.78 is 11.4. The Morgan fingerprint density at radius 2 is 1.81 bits per heavy atom. The molecule has 1 amide bonds. The highest BCUT2D eigenvalue weighted by Crippen LogP contribution is 2.24. The molecule has 0 saturated heterocycles. The minimum Gasteiger partial charge on any atom is -0.481 e. The van der Waals surface area contributed by atoms with Gasteiger partial charge < -0.3 is 14.5 Å². The van der Waals surface area contributed by atoms with E-state index in [0.29, 0.717) is 33.5 Å². The van der Waals surface area contributed by atoms with E-state index in [0.717, 1.165) is 5.56 Å². The van der Waals surface area contributed by atoms with Crippen LogP contribution in [0.4, 0.5) is 5.69 Å². The summed E-state index contributed by atoms with van der Waals surface area (Å²) in [4.78, 5) is 25.3. The summed E-state index contributed by atoms with van der Waals surface area (Å²) in [7, 11) is 0. The molecule has 0 spiro atoms. The van der Waals surface area contributed by atoms with Crippen LogP contribution in [0.2, 0.25) is 0 Å². The summed E-state index contributed by atoms with van der Waals surface area (Å²) in [6.45, 7) is 1.60. The number of amides is 1. The normalized spacial score (nSPS) is 11.5. The van der Waals surface area contributed by atoms with Gasteiger partial charge in [-0.05, 0) is 36.8 Å². The third-order valence-corrected chi connectivity index (χ3v) is 4.82. The van der Waals surface area contributed by atoms with Crippen molar-refractivity contribution in [1.29, 1.82) is 5.26 Å². The monoisotopic (exact) mass is 410 g/mol. The lowest BCUT2D eigenvalue weighted by atomic mass is 10.1. The van der Waals surface area contributed by atoms with Crippen molar-refractivity contribution < 1.29 is 13.9 Å². The van der Waals surface area contributed by atoms with Crippen LogP contribution in [-0.4, -0.2) is 12.0 Å². The van der Waals surface area contributed by atoms with Crippen molar-refractivity contribution in [1.82, 2.24) is 0 Å². The number of nitriles is 1. The number of hydrogen-bond donors (Lipinski definition) is 1. The van der Waals surface area contributed by atoms with Gasteiger partial charge in [-0.15, -0.1) is 0 Å². The first-order chi connectivity index (χ1) is 15.1. The number of rotatable bonds is 5. The molecule has 0 aliphatic carbocycles. The number of fused-ring (bicyclic) bond motifs is 1. The zero-order chi connectivity index (χ0) is 21.8. The van der Waals surface area contributed by atoms with E-state index in [4.69, 9.17) is 14.4 Å². The van der Waals surface area contributed by atoms with Gasteiger partial charge in [0.1, 0.15) is 23.7 Å². The number of ether oxygens (including phenoxy) is 1. The van der Waals surface area contributed by atoms with Crippen LogP contribution in [-0.2, 0) is 4.79 Å². The van der Waals surface area contributed by atoms with Gasteiger partial charge in [0.15, 0.2) is 11.5 Å². The molecule has 1 N–H and O–H groups in total. The summed E-state index contributed by atoms with van der Waals surface area (Å²) in [6, 6.07) is 22.9. The zero-order valence-electron chi connectivity index (χ0n) is 16.7. The predicted octanol–water partition coefficient (Wildman–Crippen LogP) is 4.74. The fourth-order valence-electron chi connectivity index (χ4n) is 3.18. The van der Waals surface area contributed by atoms with Gasteiger partial charge >= 0.3 is 0 Å². The highest BCUT2D eigenvalue weighted by Gasteiger charge is 2.17. The molecule has 0 aliphatic rings. The van der Waals surface area contributed by atoms with Crippen LogP contribution in [0.15, 0.2) is 88.3 Å². The zero-order valence-corrected chi connectivity index (χ0v) is 16.7. The lowest BCUT2D eigenvalue weighted by Gasteiger charge is -2.15. The molecular weight excluding hydrogens is 392 g/mol. The second-order valence-electron chi connectivity index (χ2n) is 6.91. The van der Waals surface area contributed by atoms with Crippen LogP contribution in [0, 0.1) is 11.3 Å². The molecule has 6 heteroatoms. The van der Waals surface area contributed by atoms with Crippen LogP contribution >= 0.6 is 0 Å². The molecule has 1 aromatic heterocycles. The fraction of sp³-hybridized carbons (Fsp3) is 0.0800. The maximum Gasteiger partial charge on any atom is 0.265 e. The SMILES string of the molecule is C[C@@H](Oc1ccc2c(=O)c(-c3ccccc3)coc2c1)C(=O)Nc1ccccc1C#N. The summed E-state index contributed by atoms with van der Waals surface area (Å²) in [6.07, 6.45) is 0.596. The molecule has 6 nitrogen and oxygen atoms in total. The maximum absolute atomic E-state index is 12.8. The molecule has 0 aliphatic heterocycles. The number of carbonyl (C=O) groups is 1. The molecule has 0 fully saturated rings. The van der Waals surface area contributed by atoms with Crippen LogP contribution in [0.3, 0.4) is 0 Å². The third kappa shape index (κ3) is 4.16. The Hall–Kier alpha value is -4.37. The molecule has 4 aromatic rings. The van der Waals surface area contributed by atoms with Crippen molar-refractivity contribution in [3.05, 3.63) is 94.8 Å². The lowest BCUT2D eigenvalue weighted by Crippen LogP contribution is -2.30. The summed E-state index contributed by atoms with van der Waals surface area (Å²) >= 11 is 0. The van der Waals surface area contributed by atoms with Crippen LogP contribution in [0.1, 0.15) is 12.5 Å². The first kappa shape index (κ1) is 19.9. The Morgan fingerprint density at radius 1 is 1.06 bits per heavy atom. The second-order valence-corrected chi connectivity index (χ2v) is 6.91. The first-order valence-corrected chi connectivity index (χ1v) is 9.64. The van der Waals surface area contributed by atoms with E-state index in [1.807, 2.05) is 36.4 Å². The van der Waals surface area contributed by atoms with Crippen LogP contribution in [0.25, 0.3) is 22.1 Å². The minimum atomic E-state index is -0.834. The van der Waals surface area contributed by atoms with E-state index in [1.54, 1.807) is 49.4 Å². The predicted molar refractivity (Wildman–Crippen MR) is 118 cm³/mol. The van der Waals surface area contributed by atoms with Crippen molar-refractivity contribution in [2.24, 2.45) is 0 Å². The van der Waals surface area contributed by atoms with Gasteiger partial charge in [-0.25, -0.2) is 0 Å². The number of nitrogens with zero attached hydrogens (tertiary/aromatic N) is 1. The van der Waals surface area contributed by atoms with E-state index in [1.165, 1.54) is 6.26 Å². The first-order valence-electron chi connectivity index (χ1n) is 9.64. The quantitative estimate of drug-likeness (QED) is 0.513. The average molecular weight is 410 g/mol. The van der Waals surface area contributed by atoms with Crippen molar-refractivity contribution in [3.8, 4) is 22.9 Å². The van der Waals surface area contributed by atoms with Crippen LogP contribution in [0.5, 0.6) is 5.75 Å². The third-order valence-electron chi connectivity index (χ3n) is 4.82. The molecule has 1 heterocycles. The Morgan fingerprint density at radius 3 is 2.58 bits per heavy atom. The minimum absolute atomic E-state index is 0.141. The average Bonchev–Trinajstić information content (AvgIpc) is 2.80. The molecule has 31 heavy (non-hydrogen) atoms. The summed E-state index contributed by atoms with van der Waals surface area (Å²) in [5.74, 6) is -0.0111. The van der Waals surface area contributed by atoms with Crippen molar-refractivity contribution in [2.45, 2.75) is 13.0 Å². The number of nitrogens with one attached hydrogen (secondary N) is 1. The fourth-order valence-corrected chi connectivity index (χ4v) is 3.18. The van der Waals surface area contributed by atoms with Crippen LogP contribution < -0.4 is 15.5 Å². The molecular formula is C25H18N2O4. The molecule has 3 aromatic carbocycles. The van der Waals surface area contributed by atoms with Gasteiger partial charge in [0, 0.05) is 6.07 Å². The highest BCUT2D eigenvalue weighted by molar-refractivity contribution is 5.95. The van der Waals surface area contributed by atoms with Crippen molar-refractivity contribution >= 4 is 22.6 Å². The van der Waals surface area contributed by atoms with E-state index in [2.05, 4.69) is 5.32 Å². The van der Waals surface area contributed by atoms with E-state index >= 15 is 0 Å². The molecule has 4 rings (SSSR count). The number of anilines is 1. The Bertz CT molecular complexity index is 1350.